The van der Waals surface area contributed by atoms with Gasteiger partial charge in [-0.2, -0.15) is 10.2 Å². The van der Waals surface area contributed by atoms with Gasteiger partial charge in [-0.25, -0.2) is 14.8 Å². The van der Waals surface area contributed by atoms with Gasteiger partial charge in [-0.3, -0.25) is 10.3 Å². The van der Waals surface area contributed by atoms with Crippen molar-refractivity contribution < 1.29 is 9.90 Å². The molecule has 2 rings (SSSR count). The monoisotopic (exact) mass is 244 g/mol. The molecule has 0 aliphatic heterocycles. The van der Waals surface area contributed by atoms with Gasteiger partial charge in [-0.05, 0) is 12.1 Å². The van der Waals surface area contributed by atoms with Crippen molar-refractivity contribution in [2.24, 2.45) is 0 Å². The summed E-state index contributed by atoms with van der Waals surface area (Å²) in [6.07, 6.45) is 6.06. The van der Waals surface area contributed by atoms with Gasteiger partial charge in [0.15, 0.2) is 6.19 Å². The van der Waals surface area contributed by atoms with Gasteiger partial charge in [0.2, 0.25) is 11.8 Å². The molecule has 0 aliphatic carbocycles. The maximum Gasteiger partial charge on any atom is 0.374 e. The summed E-state index contributed by atoms with van der Waals surface area (Å²) in [5.74, 6) is -1.74. The number of nitrogens with one attached hydrogen (secondary N) is 1. The van der Waals surface area contributed by atoms with E-state index in [9.17, 15) is 4.79 Å². The summed E-state index contributed by atoms with van der Waals surface area (Å²) in [5, 5.41) is 18.6. The molecule has 8 heteroatoms. The lowest BCUT2D eigenvalue weighted by Gasteiger charge is -1.94. The van der Waals surface area contributed by atoms with E-state index in [1.807, 2.05) is 18.2 Å². The summed E-state index contributed by atoms with van der Waals surface area (Å²) in [6, 6.07) is 5.72. The molecule has 8 nitrogen and oxygen atoms in total. The highest BCUT2D eigenvalue weighted by atomic mass is 16.4. The summed E-state index contributed by atoms with van der Waals surface area (Å²) in [4.78, 5) is 24.3. The van der Waals surface area contributed by atoms with Crippen molar-refractivity contribution in [1.82, 2.24) is 19.9 Å². The minimum atomic E-state index is -1.27. The number of hydrogen-bond acceptors (Lipinski definition) is 7. The van der Waals surface area contributed by atoms with Crippen LogP contribution in [0.15, 0.2) is 36.9 Å². The van der Waals surface area contributed by atoms with E-state index in [1.54, 1.807) is 18.6 Å². The predicted molar refractivity (Wildman–Crippen MR) is 60.3 cm³/mol. The molecule has 0 saturated carbocycles. The number of nitriles is 1. The zero-order valence-corrected chi connectivity index (χ0v) is 9.06. The highest BCUT2D eigenvalue weighted by Crippen LogP contribution is 1.95. The summed E-state index contributed by atoms with van der Waals surface area (Å²) in [5.41, 5.74) is 0. The number of hydrogen-bond donors (Lipinski definition) is 2. The van der Waals surface area contributed by atoms with E-state index in [2.05, 4.69) is 25.3 Å². The smallest absolute Gasteiger partial charge is 0.374 e. The first-order valence-corrected chi connectivity index (χ1v) is 4.66. The molecule has 0 aliphatic rings. The fraction of sp³-hybridized carbons (Fsp3) is 0. The van der Waals surface area contributed by atoms with Crippen LogP contribution in [0.5, 0.6) is 0 Å². The van der Waals surface area contributed by atoms with Crippen molar-refractivity contribution in [3.63, 3.8) is 0 Å². The molecule has 2 aromatic rings. The molecule has 2 N–H and O–H groups in total. The van der Waals surface area contributed by atoms with Crippen LogP contribution in [0, 0.1) is 11.5 Å². The Morgan fingerprint density at radius 1 is 1.28 bits per heavy atom. The van der Waals surface area contributed by atoms with E-state index < -0.39 is 11.8 Å². The molecule has 2 aromatic heterocycles. The van der Waals surface area contributed by atoms with E-state index in [4.69, 9.17) is 10.4 Å². The SMILES string of the molecule is N#CNc1ncnc(C(=O)O)n1.c1ccncc1. The Hall–Kier alpha value is -3.08. The van der Waals surface area contributed by atoms with Crippen LogP contribution in [0.4, 0.5) is 5.95 Å². The average molecular weight is 244 g/mol. The molecule has 18 heavy (non-hydrogen) atoms. The van der Waals surface area contributed by atoms with Crippen LogP contribution in [-0.4, -0.2) is 31.0 Å². The number of aromatic nitrogens is 4. The number of carboxylic acid groups (broad SMARTS) is 1. The van der Waals surface area contributed by atoms with Gasteiger partial charge < -0.3 is 5.11 Å². The summed E-state index contributed by atoms with van der Waals surface area (Å²) < 4.78 is 0. The van der Waals surface area contributed by atoms with Crippen LogP contribution < -0.4 is 5.32 Å². The highest BCUT2D eigenvalue weighted by Gasteiger charge is 2.06. The van der Waals surface area contributed by atoms with Gasteiger partial charge in [0.1, 0.15) is 6.33 Å². The third-order valence-electron chi connectivity index (χ3n) is 1.50. The Balaban J connectivity index is 0.000000225. The Bertz CT molecular complexity index is 513. The first kappa shape index (κ1) is 13.0. The van der Waals surface area contributed by atoms with Crippen molar-refractivity contribution >= 4 is 11.9 Å². The largest absolute Gasteiger partial charge is 0.475 e. The first-order valence-electron chi connectivity index (χ1n) is 4.66. The zero-order chi connectivity index (χ0) is 13.2. The molecule has 0 fully saturated rings. The second-order valence-corrected chi connectivity index (χ2v) is 2.70. The topological polar surface area (TPSA) is 125 Å². The van der Waals surface area contributed by atoms with Crippen molar-refractivity contribution in [3.05, 3.63) is 42.7 Å². The minimum Gasteiger partial charge on any atom is -0.475 e. The number of aromatic carboxylic acids is 1. The van der Waals surface area contributed by atoms with Crippen LogP contribution in [0.25, 0.3) is 0 Å². The van der Waals surface area contributed by atoms with Crippen molar-refractivity contribution in [1.29, 1.82) is 5.26 Å². The quantitative estimate of drug-likeness (QED) is 0.579. The Kier molecular flexibility index (Phi) is 5.22. The van der Waals surface area contributed by atoms with E-state index >= 15 is 0 Å². The molecular formula is C10H8N6O2. The third-order valence-corrected chi connectivity index (χ3v) is 1.50. The minimum absolute atomic E-state index is 0.0788. The van der Waals surface area contributed by atoms with Gasteiger partial charge in [-0.1, -0.05) is 6.07 Å². The van der Waals surface area contributed by atoms with Gasteiger partial charge in [0.25, 0.3) is 0 Å². The summed E-state index contributed by atoms with van der Waals surface area (Å²) in [6.45, 7) is 0. The first-order chi connectivity index (χ1) is 8.74. The standard InChI is InChI=1S/C5H3N5O2.C5H5N/c6-1-7-5-9-2-8-3(10-5)4(11)12;1-2-4-6-5-3-1/h2H,(H,11,12)(H,7,8,9,10);1-5H. The number of anilines is 1. The summed E-state index contributed by atoms with van der Waals surface area (Å²) >= 11 is 0. The number of nitrogens with zero attached hydrogens (tertiary/aromatic N) is 5. The summed E-state index contributed by atoms with van der Waals surface area (Å²) in [7, 11) is 0. The molecule has 0 radical (unpaired) electrons. The number of pyridine rings is 1. The van der Waals surface area contributed by atoms with Crippen molar-refractivity contribution in [2.45, 2.75) is 0 Å². The molecule has 0 unspecified atom stereocenters. The molecule has 0 bridgehead atoms. The van der Waals surface area contributed by atoms with Crippen LogP contribution in [-0.2, 0) is 0 Å². The van der Waals surface area contributed by atoms with Gasteiger partial charge >= 0.3 is 5.97 Å². The number of rotatable bonds is 2. The molecule has 90 valence electrons. The fourth-order valence-corrected chi connectivity index (χ4v) is 0.822. The van der Waals surface area contributed by atoms with Gasteiger partial charge in [0, 0.05) is 12.4 Å². The lowest BCUT2D eigenvalue weighted by atomic mass is 10.5. The Labute approximate surface area is 102 Å². The van der Waals surface area contributed by atoms with Gasteiger partial charge in [-0.15, -0.1) is 0 Å². The maximum atomic E-state index is 10.3. The molecule has 0 saturated heterocycles. The number of carbonyl (C=O) groups is 1. The van der Waals surface area contributed by atoms with Crippen LogP contribution >= 0.6 is 0 Å². The van der Waals surface area contributed by atoms with Crippen molar-refractivity contribution in [2.75, 3.05) is 5.32 Å². The molecular weight excluding hydrogens is 236 g/mol. The van der Waals surface area contributed by atoms with Crippen LogP contribution in [0.3, 0.4) is 0 Å². The molecule has 0 atom stereocenters. The number of carboxylic acids is 1. The zero-order valence-electron chi connectivity index (χ0n) is 9.06. The van der Waals surface area contributed by atoms with E-state index in [0.29, 0.717) is 0 Å². The maximum absolute atomic E-state index is 10.3. The van der Waals surface area contributed by atoms with E-state index in [-0.39, 0.29) is 5.95 Å². The third kappa shape index (κ3) is 4.63. The molecule has 2 heterocycles. The Morgan fingerprint density at radius 3 is 2.44 bits per heavy atom. The fourth-order valence-electron chi connectivity index (χ4n) is 0.822. The van der Waals surface area contributed by atoms with Gasteiger partial charge in [0.05, 0.1) is 0 Å². The Morgan fingerprint density at radius 2 is 2.00 bits per heavy atom. The molecule has 0 spiro atoms. The predicted octanol–water partition coefficient (Wildman–Crippen LogP) is 0.544. The van der Waals surface area contributed by atoms with Crippen LogP contribution in [0.2, 0.25) is 0 Å². The second-order valence-electron chi connectivity index (χ2n) is 2.70. The lowest BCUT2D eigenvalue weighted by molar-refractivity contribution is 0.0683. The average Bonchev–Trinajstić information content (AvgIpc) is 2.42. The van der Waals surface area contributed by atoms with E-state index in [0.717, 1.165) is 6.33 Å². The second kappa shape index (κ2) is 7.24. The van der Waals surface area contributed by atoms with Crippen molar-refractivity contribution in [3.8, 4) is 6.19 Å². The lowest BCUT2D eigenvalue weighted by Crippen LogP contribution is -2.07. The van der Waals surface area contributed by atoms with E-state index in [1.165, 1.54) is 0 Å². The van der Waals surface area contributed by atoms with Crippen LogP contribution in [0.1, 0.15) is 10.6 Å². The molecule has 0 amide bonds. The normalized spacial score (nSPS) is 8.39. The highest BCUT2D eigenvalue weighted by molar-refractivity contribution is 5.83. The molecule has 0 aromatic carbocycles.